The van der Waals surface area contributed by atoms with E-state index in [1.54, 1.807) is 31.3 Å². The molecular formula is C24H32F3N3O2. The third-order valence-electron chi connectivity index (χ3n) is 5.32. The zero-order valence-electron chi connectivity index (χ0n) is 18.8. The topological polar surface area (TPSA) is 69.4 Å². The first-order valence-electron chi connectivity index (χ1n) is 11.0. The summed E-state index contributed by atoms with van der Waals surface area (Å²) in [4.78, 5) is 4.30. The van der Waals surface area contributed by atoms with Crippen LogP contribution in [0.1, 0.15) is 45.6 Å². The molecule has 176 valence electrons. The molecule has 0 radical (unpaired) electrons. The van der Waals surface area contributed by atoms with Gasteiger partial charge >= 0.3 is 6.18 Å². The van der Waals surface area contributed by atoms with E-state index < -0.39 is 17.3 Å². The van der Waals surface area contributed by atoms with E-state index in [1.165, 1.54) is 6.07 Å². The Morgan fingerprint density at radius 3 is 2.62 bits per heavy atom. The molecule has 1 aliphatic heterocycles. The molecule has 2 aromatic rings. The van der Waals surface area contributed by atoms with E-state index in [4.69, 9.17) is 15.2 Å². The molecular weight excluding hydrogens is 419 g/mol. The molecule has 3 N–H and O–H groups in total. The summed E-state index contributed by atoms with van der Waals surface area (Å²) in [6, 6.07) is 7.71. The molecule has 2 unspecified atom stereocenters. The standard InChI is InChI=1S/C24H32F3N3O2/c1-16(2)13-23(3,28)15-32-21-7-6-17(11-20(21)24(25,26)27)18-8-9-29-22(12-18)30-19-5-4-10-31-14-19/h6-9,11-12,16,19H,4-5,10,13-15,28H2,1-3H3,(H,29,30). The maximum Gasteiger partial charge on any atom is 0.419 e. The van der Waals surface area contributed by atoms with Gasteiger partial charge in [-0.2, -0.15) is 13.2 Å². The quantitative estimate of drug-likeness (QED) is 0.555. The second kappa shape index (κ2) is 10.1. The number of nitrogens with zero attached hydrogens (tertiary/aromatic N) is 1. The van der Waals surface area contributed by atoms with E-state index in [9.17, 15) is 13.2 Å². The van der Waals surface area contributed by atoms with Gasteiger partial charge in [0.25, 0.3) is 0 Å². The predicted molar refractivity (Wildman–Crippen MR) is 120 cm³/mol. The zero-order valence-corrected chi connectivity index (χ0v) is 18.8. The van der Waals surface area contributed by atoms with E-state index in [2.05, 4.69) is 10.3 Å². The summed E-state index contributed by atoms with van der Waals surface area (Å²) in [7, 11) is 0. The van der Waals surface area contributed by atoms with Crippen LogP contribution in [-0.4, -0.2) is 36.4 Å². The van der Waals surface area contributed by atoms with Crippen LogP contribution in [0.2, 0.25) is 0 Å². The first kappa shape index (κ1) is 24.3. The van der Waals surface area contributed by atoms with Gasteiger partial charge in [0.15, 0.2) is 0 Å². The van der Waals surface area contributed by atoms with Gasteiger partial charge in [-0.1, -0.05) is 19.9 Å². The fourth-order valence-electron chi connectivity index (χ4n) is 4.04. The highest BCUT2D eigenvalue weighted by molar-refractivity contribution is 5.68. The molecule has 0 saturated carbocycles. The first-order valence-corrected chi connectivity index (χ1v) is 11.0. The lowest BCUT2D eigenvalue weighted by Gasteiger charge is -2.27. The van der Waals surface area contributed by atoms with Crippen LogP contribution in [0.3, 0.4) is 0 Å². The lowest BCUT2D eigenvalue weighted by atomic mass is 9.93. The third-order valence-corrected chi connectivity index (χ3v) is 5.32. The fourth-order valence-corrected chi connectivity index (χ4v) is 4.04. The third kappa shape index (κ3) is 6.84. The molecule has 32 heavy (non-hydrogen) atoms. The Bertz CT molecular complexity index is 894. The number of alkyl halides is 3. The number of hydrogen-bond donors (Lipinski definition) is 2. The minimum Gasteiger partial charge on any atom is -0.491 e. The molecule has 3 rings (SSSR count). The molecule has 0 spiro atoms. The number of ether oxygens (including phenoxy) is 2. The van der Waals surface area contributed by atoms with E-state index in [-0.39, 0.29) is 18.4 Å². The number of nitrogens with one attached hydrogen (secondary N) is 1. The summed E-state index contributed by atoms with van der Waals surface area (Å²) in [5.41, 5.74) is 5.75. The molecule has 1 saturated heterocycles. The minimum absolute atomic E-state index is 0.000388. The second-order valence-corrected chi connectivity index (χ2v) is 9.24. The number of halogens is 3. The summed E-state index contributed by atoms with van der Waals surface area (Å²) in [5.74, 6) is 0.709. The van der Waals surface area contributed by atoms with Gasteiger partial charge in [0.2, 0.25) is 0 Å². The van der Waals surface area contributed by atoms with Gasteiger partial charge in [-0.05, 0) is 67.5 Å². The first-order chi connectivity index (χ1) is 15.0. The van der Waals surface area contributed by atoms with Gasteiger partial charge in [0.05, 0.1) is 18.2 Å². The summed E-state index contributed by atoms with van der Waals surface area (Å²) < 4.78 is 52.5. The van der Waals surface area contributed by atoms with Crippen LogP contribution < -0.4 is 15.8 Å². The van der Waals surface area contributed by atoms with E-state index in [0.29, 0.717) is 35.9 Å². The van der Waals surface area contributed by atoms with Gasteiger partial charge in [0.1, 0.15) is 18.2 Å². The maximum atomic E-state index is 13.8. The molecule has 0 aliphatic carbocycles. The highest BCUT2D eigenvalue weighted by Gasteiger charge is 2.35. The van der Waals surface area contributed by atoms with Crippen molar-refractivity contribution in [2.24, 2.45) is 11.7 Å². The van der Waals surface area contributed by atoms with E-state index >= 15 is 0 Å². The number of aromatic nitrogens is 1. The highest BCUT2D eigenvalue weighted by atomic mass is 19.4. The molecule has 2 heterocycles. The van der Waals surface area contributed by atoms with Crippen molar-refractivity contribution in [3.63, 3.8) is 0 Å². The number of anilines is 1. The monoisotopic (exact) mass is 451 g/mol. The van der Waals surface area contributed by atoms with E-state index in [1.807, 2.05) is 13.8 Å². The molecule has 0 amide bonds. The summed E-state index contributed by atoms with van der Waals surface area (Å²) in [6.45, 7) is 7.16. The minimum atomic E-state index is -4.55. The Morgan fingerprint density at radius 2 is 1.97 bits per heavy atom. The van der Waals surface area contributed by atoms with Crippen molar-refractivity contribution in [3.05, 3.63) is 42.1 Å². The van der Waals surface area contributed by atoms with Crippen molar-refractivity contribution in [1.82, 2.24) is 4.98 Å². The zero-order chi connectivity index (χ0) is 23.4. The van der Waals surface area contributed by atoms with Crippen molar-refractivity contribution in [2.45, 2.75) is 57.8 Å². The lowest BCUT2D eigenvalue weighted by Crippen LogP contribution is -2.43. The smallest absolute Gasteiger partial charge is 0.419 e. The molecule has 1 fully saturated rings. The maximum absolute atomic E-state index is 13.8. The van der Waals surface area contributed by atoms with Crippen molar-refractivity contribution in [1.29, 1.82) is 0 Å². The van der Waals surface area contributed by atoms with E-state index in [0.717, 1.165) is 25.5 Å². The van der Waals surface area contributed by atoms with Crippen LogP contribution in [0.15, 0.2) is 36.5 Å². The van der Waals surface area contributed by atoms with Crippen LogP contribution in [0.25, 0.3) is 11.1 Å². The lowest BCUT2D eigenvalue weighted by molar-refractivity contribution is -0.139. The van der Waals surface area contributed by atoms with Gasteiger partial charge in [-0.25, -0.2) is 4.98 Å². The fraction of sp³-hybridized carbons (Fsp3) is 0.542. The van der Waals surface area contributed by atoms with Gasteiger partial charge in [-0.15, -0.1) is 0 Å². The molecule has 1 aliphatic rings. The van der Waals surface area contributed by atoms with Gasteiger partial charge < -0.3 is 20.5 Å². The average molecular weight is 452 g/mol. The molecule has 8 heteroatoms. The molecule has 5 nitrogen and oxygen atoms in total. The van der Waals surface area contributed by atoms with Crippen LogP contribution in [0.5, 0.6) is 5.75 Å². The van der Waals surface area contributed by atoms with Crippen molar-refractivity contribution in [2.75, 3.05) is 25.1 Å². The summed E-state index contributed by atoms with van der Waals surface area (Å²) in [6.07, 6.45) is -0.391. The van der Waals surface area contributed by atoms with Crippen molar-refractivity contribution < 1.29 is 22.6 Å². The second-order valence-electron chi connectivity index (χ2n) is 9.24. The number of nitrogens with two attached hydrogens (primary N) is 1. The average Bonchev–Trinajstić information content (AvgIpc) is 2.71. The van der Waals surface area contributed by atoms with Crippen molar-refractivity contribution >= 4 is 5.82 Å². The largest absolute Gasteiger partial charge is 0.491 e. The summed E-state index contributed by atoms with van der Waals surface area (Å²) >= 11 is 0. The molecule has 1 aromatic carbocycles. The molecule has 0 bridgehead atoms. The van der Waals surface area contributed by atoms with Gasteiger partial charge in [0, 0.05) is 18.3 Å². The Labute approximate surface area is 187 Å². The van der Waals surface area contributed by atoms with Crippen LogP contribution in [0, 0.1) is 5.92 Å². The Hall–Kier alpha value is -2.32. The van der Waals surface area contributed by atoms with Crippen LogP contribution >= 0.6 is 0 Å². The normalized spacial score (nSPS) is 18.9. The molecule has 2 atom stereocenters. The van der Waals surface area contributed by atoms with Gasteiger partial charge in [-0.3, -0.25) is 0 Å². The SMILES string of the molecule is CC(C)CC(C)(N)COc1ccc(-c2ccnc(NC3CCCOC3)c2)cc1C(F)(F)F. The molecule has 1 aromatic heterocycles. The number of rotatable bonds is 8. The Morgan fingerprint density at radius 1 is 1.22 bits per heavy atom. The Kier molecular flexibility index (Phi) is 7.67. The van der Waals surface area contributed by atoms with Crippen LogP contribution in [0.4, 0.5) is 19.0 Å². The van der Waals surface area contributed by atoms with Crippen LogP contribution in [-0.2, 0) is 10.9 Å². The number of pyridine rings is 1. The van der Waals surface area contributed by atoms with Crippen molar-refractivity contribution in [3.8, 4) is 16.9 Å². The summed E-state index contributed by atoms with van der Waals surface area (Å²) in [5, 5.41) is 3.30. The Balaban J connectivity index is 1.81. The number of benzene rings is 1. The number of hydrogen-bond acceptors (Lipinski definition) is 5. The predicted octanol–water partition coefficient (Wildman–Crippen LogP) is 5.50. The highest BCUT2D eigenvalue weighted by Crippen LogP contribution is 2.39.